The van der Waals surface area contributed by atoms with Gasteiger partial charge in [-0.05, 0) is 51.4 Å². The van der Waals surface area contributed by atoms with E-state index in [2.05, 4.69) is 50.3 Å². The summed E-state index contributed by atoms with van der Waals surface area (Å²) >= 11 is 0. The maximum Gasteiger partial charge on any atom is 0.306 e. The number of aliphatic hydroxyl groups excluding tert-OH is 1. The minimum Gasteiger partial charge on any atom is -0.462 e. The van der Waals surface area contributed by atoms with Crippen LogP contribution < -0.4 is 0 Å². The van der Waals surface area contributed by atoms with Gasteiger partial charge in [0.15, 0.2) is 6.10 Å². The lowest BCUT2D eigenvalue weighted by molar-refractivity contribution is -0.161. The summed E-state index contributed by atoms with van der Waals surface area (Å²) in [7, 11) is 0. The summed E-state index contributed by atoms with van der Waals surface area (Å²) in [6.45, 7) is 4.19. The second-order valence-corrected chi connectivity index (χ2v) is 21.5. The van der Waals surface area contributed by atoms with Gasteiger partial charge in [-0.3, -0.25) is 9.59 Å². The molecule has 0 aliphatic carbocycles. The Balaban J connectivity index is 3.41. The maximum atomic E-state index is 12.3. The van der Waals surface area contributed by atoms with Crippen LogP contribution in [0.2, 0.25) is 0 Å². The summed E-state index contributed by atoms with van der Waals surface area (Å²) < 4.78 is 10.7. The zero-order chi connectivity index (χ0) is 50.6. The van der Waals surface area contributed by atoms with Gasteiger partial charge in [0.1, 0.15) is 6.61 Å². The van der Waals surface area contributed by atoms with Gasteiger partial charge < -0.3 is 14.6 Å². The number of unbranched alkanes of at least 4 members (excludes halogenated alkanes) is 45. The number of ether oxygens (including phenoxy) is 2. The van der Waals surface area contributed by atoms with Crippen molar-refractivity contribution >= 4 is 11.9 Å². The van der Waals surface area contributed by atoms with Gasteiger partial charge in [0.25, 0.3) is 0 Å². The molecule has 0 rings (SSSR count). The highest BCUT2D eigenvalue weighted by Gasteiger charge is 2.16. The number of hydrogen-bond acceptors (Lipinski definition) is 5. The number of carbonyl (C=O) groups excluding carboxylic acids is 2. The van der Waals surface area contributed by atoms with Crippen LogP contribution >= 0.6 is 0 Å². The fourth-order valence-electron chi connectivity index (χ4n) is 9.69. The van der Waals surface area contributed by atoms with E-state index in [1.807, 2.05) is 0 Å². The van der Waals surface area contributed by atoms with Crippen molar-refractivity contribution in [1.82, 2.24) is 0 Å². The van der Waals surface area contributed by atoms with E-state index in [0.717, 1.165) is 44.9 Å². The van der Waals surface area contributed by atoms with Crippen LogP contribution in [0.15, 0.2) is 36.5 Å². The second kappa shape index (κ2) is 61.4. The predicted molar refractivity (Wildman–Crippen MR) is 307 cm³/mol. The summed E-state index contributed by atoms with van der Waals surface area (Å²) in [4.78, 5) is 24.6. The van der Waals surface area contributed by atoms with Gasteiger partial charge in [-0.15, -0.1) is 0 Å². The summed E-state index contributed by atoms with van der Waals surface area (Å²) in [5.41, 5.74) is 0. The highest BCUT2D eigenvalue weighted by Crippen LogP contribution is 2.18. The summed E-state index contributed by atoms with van der Waals surface area (Å²) in [6, 6.07) is 0. The molecule has 0 saturated carbocycles. The van der Waals surface area contributed by atoms with E-state index in [-0.39, 0.29) is 25.2 Å². The Bertz CT molecular complexity index is 1110. The van der Waals surface area contributed by atoms with E-state index in [9.17, 15) is 14.7 Å². The van der Waals surface area contributed by atoms with Crippen LogP contribution in [0.5, 0.6) is 0 Å². The van der Waals surface area contributed by atoms with Gasteiger partial charge in [0, 0.05) is 12.8 Å². The monoisotopic (exact) mass is 983 g/mol. The summed E-state index contributed by atoms with van der Waals surface area (Å²) in [5.74, 6) is -0.568. The Morgan fingerprint density at radius 3 is 0.857 bits per heavy atom. The van der Waals surface area contributed by atoms with Crippen molar-refractivity contribution in [3.8, 4) is 0 Å². The topological polar surface area (TPSA) is 72.8 Å². The van der Waals surface area contributed by atoms with Crippen LogP contribution in [0.1, 0.15) is 348 Å². The molecule has 0 aliphatic rings. The molecule has 0 amide bonds. The van der Waals surface area contributed by atoms with E-state index in [4.69, 9.17) is 9.47 Å². The van der Waals surface area contributed by atoms with Gasteiger partial charge in [-0.1, -0.05) is 320 Å². The SMILES string of the molecule is CCCCCCC/C=C\C/C=C\C/C=C\CCCCCCCCCCCCCCCCCCCCC(=O)OC(CO)COC(=O)CCCCCCCCCCCCCCCCCCCCCCCCC. The summed E-state index contributed by atoms with van der Waals surface area (Å²) in [5, 5.41) is 9.68. The van der Waals surface area contributed by atoms with Crippen molar-refractivity contribution in [1.29, 1.82) is 0 Å². The lowest BCUT2D eigenvalue weighted by atomic mass is 10.0. The summed E-state index contributed by atoms with van der Waals surface area (Å²) in [6.07, 6.45) is 80.1. The van der Waals surface area contributed by atoms with Crippen molar-refractivity contribution in [2.24, 2.45) is 0 Å². The van der Waals surface area contributed by atoms with E-state index in [0.29, 0.717) is 12.8 Å². The molecule has 0 radical (unpaired) electrons. The molecule has 412 valence electrons. The van der Waals surface area contributed by atoms with Crippen LogP contribution in [0, 0.1) is 0 Å². The first-order valence-corrected chi connectivity index (χ1v) is 31.5. The lowest BCUT2D eigenvalue weighted by Gasteiger charge is -2.15. The molecule has 0 aromatic heterocycles. The van der Waals surface area contributed by atoms with Gasteiger partial charge in [0.2, 0.25) is 0 Å². The molecular formula is C65H122O5. The normalized spacial score (nSPS) is 12.3. The number of carbonyl (C=O) groups is 2. The van der Waals surface area contributed by atoms with Crippen molar-refractivity contribution in [3.63, 3.8) is 0 Å². The number of hydrogen-bond donors (Lipinski definition) is 1. The van der Waals surface area contributed by atoms with Crippen LogP contribution in [-0.2, 0) is 19.1 Å². The fourth-order valence-corrected chi connectivity index (χ4v) is 9.69. The average molecular weight is 984 g/mol. The van der Waals surface area contributed by atoms with Crippen molar-refractivity contribution in [3.05, 3.63) is 36.5 Å². The maximum absolute atomic E-state index is 12.3. The molecule has 0 aromatic rings. The third kappa shape index (κ3) is 58.7. The van der Waals surface area contributed by atoms with E-state index in [1.165, 1.54) is 276 Å². The minimum atomic E-state index is -0.769. The molecule has 0 aliphatic heterocycles. The Kier molecular flexibility index (Phi) is 59.8. The Labute approximate surface area is 437 Å². The first kappa shape index (κ1) is 68.1. The number of aliphatic hydroxyl groups is 1. The smallest absolute Gasteiger partial charge is 0.306 e. The van der Waals surface area contributed by atoms with Crippen molar-refractivity contribution in [2.45, 2.75) is 354 Å². The van der Waals surface area contributed by atoms with Gasteiger partial charge >= 0.3 is 11.9 Å². The standard InChI is InChI=1S/C65H122O5/c1-3-5-7-9-11-13-15-17-19-21-23-25-27-28-29-30-31-32-33-34-35-36-38-40-42-44-46-48-50-52-54-56-58-60-65(68)70-63(61-66)62-69-64(67)59-57-55-53-51-49-47-45-43-41-39-37-26-24-22-20-18-16-14-12-10-8-6-4-2/h15,17,21,23,27-28,63,66H,3-14,16,18-20,22,24-26,29-62H2,1-2H3/b17-15-,23-21-,28-27-. The third-order valence-electron chi connectivity index (χ3n) is 14.4. The van der Waals surface area contributed by atoms with Crippen LogP contribution in [0.3, 0.4) is 0 Å². The Morgan fingerprint density at radius 2 is 0.571 bits per heavy atom. The molecule has 5 heteroatoms. The van der Waals surface area contributed by atoms with E-state index >= 15 is 0 Å². The molecule has 1 atom stereocenters. The Morgan fingerprint density at radius 1 is 0.329 bits per heavy atom. The first-order valence-electron chi connectivity index (χ1n) is 31.5. The fraction of sp³-hybridized carbons (Fsp3) is 0.877. The Hall–Kier alpha value is -1.88. The third-order valence-corrected chi connectivity index (χ3v) is 14.4. The average Bonchev–Trinajstić information content (AvgIpc) is 3.36. The van der Waals surface area contributed by atoms with Crippen molar-refractivity contribution < 1.29 is 24.2 Å². The molecule has 70 heavy (non-hydrogen) atoms. The first-order chi connectivity index (χ1) is 34.6. The molecule has 5 nitrogen and oxygen atoms in total. The predicted octanol–water partition coefficient (Wildman–Crippen LogP) is 21.4. The molecule has 0 heterocycles. The van der Waals surface area contributed by atoms with Crippen LogP contribution in [0.4, 0.5) is 0 Å². The molecule has 0 saturated heterocycles. The molecule has 0 bridgehead atoms. The minimum absolute atomic E-state index is 0.0592. The van der Waals surface area contributed by atoms with E-state index in [1.54, 1.807) is 0 Å². The largest absolute Gasteiger partial charge is 0.462 e. The zero-order valence-corrected chi connectivity index (χ0v) is 47.3. The van der Waals surface area contributed by atoms with Gasteiger partial charge in [0.05, 0.1) is 6.61 Å². The molecule has 0 spiro atoms. The van der Waals surface area contributed by atoms with Gasteiger partial charge in [-0.2, -0.15) is 0 Å². The zero-order valence-electron chi connectivity index (χ0n) is 47.3. The molecule has 0 fully saturated rings. The molecule has 1 unspecified atom stereocenters. The number of allylic oxidation sites excluding steroid dienone is 6. The van der Waals surface area contributed by atoms with Crippen LogP contribution in [0.25, 0.3) is 0 Å². The highest BCUT2D eigenvalue weighted by atomic mass is 16.6. The lowest BCUT2D eigenvalue weighted by Crippen LogP contribution is -2.28. The van der Waals surface area contributed by atoms with Gasteiger partial charge in [-0.25, -0.2) is 0 Å². The quantitative estimate of drug-likeness (QED) is 0.0373. The molecule has 0 aromatic carbocycles. The number of esters is 2. The molecule has 1 N–H and O–H groups in total. The van der Waals surface area contributed by atoms with Crippen LogP contribution in [-0.4, -0.2) is 36.4 Å². The number of rotatable bonds is 59. The second-order valence-electron chi connectivity index (χ2n) is 21.5. The molecular weight excluding hydrogens is 861 g/mol. The van der Waals surface area contributed by atoms with E-state index < -0.39 is 6.10 Å². The highest BCUT2D eigenvalue weighted by molar-refractivity contribution is 5.70. The van der Waals surface area contributed by atoms with Crippen molar-refractivity contribution in [2.75, 3.05) is 13.2 Å².